The molecular formula is C16H16BrNO3. The van der Waals surface area contributed by atoms with Gasteiger partial charge in [0.15, 0.2) is 6.61 Å². The van der Waals surface area contributed by atoms with Crippen LogP contribution in [0.2, 0.25) is 0 Å². The van der Waals surface area contributed by atoms with Crippen molar-refractivity contribution in [3.63, 3.8) is 0 Å². The molecule has 0 saturated heterocycles. The minimum Gasteiger partial charge on any atom is -0.455 e. The minimum atomic E-state index is -0.325. The van der Waals surface area contributed by atoms with Gasteiger partial charge in [-0.25, -0.2) is 0 Å². The lowest BCUT2D eigenvalue weighted by molar-refractivity contribution is -0.152. The number of anilines is 1. The second-order valence-corrected chi connectivity index (χ2v) is 6.38. The van der Waals surface area contributed by atoms with E-state index in [0.717, 1.165) is 17.3 Å². The number of hydrogen-bond acceptors (Lipinski definition) is 3. The lowest BCUT2D eigenvalue weighted by Gasteiger charge is -2.16. The summed E-state index contributed by atoms with van der Waals surface area (Å²) < 4.78 is 5.95. The van der Waals surface area contributed by atoms with E-state index in [-0.39, 0.29) is 24.4 Å². The molecule has 3 rings (SSSR count). The van der Waals surface area contributed by atoms with E-state index in [4.69, 9.17) is 4.74 Å². The maximum atomic E-state index is 12.0. The van der Waals surface area contributed by atoms with E-state index in [9.17, 15) is 9.59 Å². The third-order valence-corrected chi connectivity index (χ3v) is 4.77. The third-order valence-electron chi connectivity index (χ3n) is 4.08. The Morgan fingerprint density at radius 3 is 2.71 bits per heavy atom. The first-order valence-electron chi connectivity index (χ1n) is 7.03. The number of benzene rings is 1. The maximum Gasteiger partial charge on any atom is 0.310 e. The highest BCUT2D eigenvalue weighted by atomic mass is 79.9. The second kappa shape index (κ2) is 6.02. The van der Waals surface area contributed by atoms with Gasteiger partial charge in [0.2, 0.25) is 0 Å². The first kappa shape index (κ1) is 14.3. The number of para-hydroxylation sites is 1. The lowest BCUT2D eigenvalue weighted by Crippen LogP contribution is -2.26. The van der Waals surface area contributed by atoms with Gasteiger partial charge >= 0.3 is 5.97 Å². The average molecular weight is 350 g/mol. The molecule has 1 saturated carbocycles. The molecule has 2 aliphatic carbocycles. The minimum absolute atomic E-state index is 0.0729. The number of esters is 1. The normalized spacial score (nSPS) is 25.9. The number of ether oxygens (including phenoxy) is 1. The largest absolute Gasteiger partial charge is 0.455 e. The molecule has 1 aromatic carbocycles. The molecule has 1 N–H and O–H groups in total. The summed E-state index contributed by atoms with van der Waals surface area (Å²) in [7, 11) is 0. The molecule has 5 heteroatoms. The van der Waals surface area contributed by atoms with Crippen molar-refractivity contribution in [2.24, 2.45) is 17.8 Å². The van der Waals surface area contributed by atoms with E-state index < -0.39 is 0 Å². The summed E-state index contributed by atoms with van der Waals surface area (Å²) in [6.07, 6.45) is 6.17. The standard InChI is InChI=1S/C16H16BrNO3/c17-13-3-1-2-4-14(13)18-15(19)9-21-16(20)12-8-10-5-6-11(12)7-10/h1-6,10-12H,7-9H2,(H,18,19)/t10-,11+,12+/m1/s1. The number of halogens is 1. The van der Waals surface area contributed by atoms with Crippen LogP contribution in [0.1, 0.15) is 12.8 Å². The Balaban J connectivity index is 1.49. The first-order chi connectivity index (χ1) is 10.1. The van der Waals surface area contributed by atoms with Crippen LogP contribution in [0.4, 0.5) is 5.69 Å². The molecule has 21 heavy (non-hydrogen) atoms. The summed E-state index contributed by atoms with van der Waals surface area (Å²) in [6, 6.07) is 7.31. The third kappa shape index (κ3) is 3.18. The number of carbonyl (C=O) groups is 2. The fourth-order valence-electron chi connectivity index (χ4n) is 3.04. The highest BCUT2D eigenvalue weighted by Crippen LogP contribution is 2.43. The van der Waals surface area contributed by atoms with Crippen LogP contribution in [0.15, 0.2) is 40.9 Å². The van der Waals surface area contributed by atoms with Crippen molar-refractivity contribution in [2.75, 3.05) is 11.9 Å². The predicted molar refractivity (Wildman–Crippen MR) is 82.6 cm³/mol. The number of hydrogen-bond donors (Lipinski definition) is 1. The molecule has 3 atom stereocenters. The average Bonchev–Trinajstić information content (AvgIpc) is 3.10. The fraction of sp³-hybridized carbons (Fsp3) is 0.375. The fourth-order valence-corrected chi connectivity index (χ4v) is 3.43. The van der Waals surface area contributed by atoms with Gasteiger partial charge in [-0.3, -0.25) is 9.59 Å². The van der Waals surface area contributed by atoms with Gasteiger partial charge in [0.25, 0.3) is 5.91 Å². The Morgan fingerprint density at radius 2 is 2.05 bits per heavy atom. The summed E-state index contributed by atoms with van der Waals surface area (Å²) in [5, 5.41) is 2.71. The van der Waals surface area contributed by atoms with E-state index in [1.807, 2.05) is 18.2 Å². The molecule has 0 heterocycles. The highest BCUT2D eigenvalue weighted by molar-refractivity contribution is 9.10. The second-order valence-electron chi connectivity index (χ2n) is 5.52. The van der Waals surface area contributed by atoms with Crippen molar-refractivity contribution in [1.82, 2.24) is 0 Å². The van der Waals surface area contributed by atoms with Crippen molar-refractivity contribution in [1.29, 1.82) is 0 Å². The molecule has 1 fully saturated rings. The van der Waals surface area contributed by atoms with Crippen LogP contribution in [0.25, 0.3) is 0 Å². The summed E-state index contributed by atoms with van der Waals surface area (Å²) in [6.45, 7) is -0.238. The zero-order chi connectivity index (χ0) is 14.8. The number of fused-ring (bicyclic) bond motifs is 2. The summed E-state index contributed by atoms with van der Waals surface area (Å²) in [5.74, 6) is 0.162. The molecule has 110 valence electrons. The van der Waals surface area contributed by atoms with Crippen molar-refractivity contribution >= 4 is 33.5 Å². The van der Waals surface area contributed by atoms with E-state index >= 15 is 0 Å². The summed E-state index contributed by atoms with van der Waals surface area (Å²) in [5.41, 5.74) is 0.668. The Hall–Kier alpha value is -1.62. The topological polar surface area (TPSA) is 55.4 Å². The van der Waals surface area contributed by atoms with Crippen molar-refractivity contribution in [3.05, 3.63) is 40.9 Å². The van der Waals surface area contributed by atoms with Crippen LogP contribution in [-0.2, 0) is 14.3 Å². The molecule has 2 aliphatic rings. The van der Waals surface area contributed by atoms with Gasteiger partial charge in [-0.05, 0) is 52.7 Å². The number of carbonyl (C=O) groups excluding carboxylic acids is 2. The Bertz CT molecular complexity index is 599. The van der Waals surface area contributed by atoms with Crippen LogP contribution >= 0.6 is 15.9 Å². The molecule has 0 aliphatic heterocycles. The first-order valence-corrected chi connectivity index (χ1v) is 7.82. The van der Waals surface area contributed by atoms with Crippen molar-refractivity contribution in [2.45, 2.75) is 12.8 Å². The maximum absolute atomic E-state index is 12.0. The molecule has 4 nitrogen and oxygen atoms in total. The van der Waals surface area contributed by atoms with Crippen LogP contribution < -0.4 is 5.32 Å². The molecule has 1 aromatic rings. The van der Waals surface area contributed by atoms with Gasteiger partial charge < -0.3 is 10.1 Å². The van der Waals surface area contributed by atoms with Gasteiger partial charge in [0.1, 0.15) is 0 Å². The van der Waals surface area contributed by atoms with E-state index in [1.165, 1.54) is 0 Å². The van der Waals surface area contributed by atoms with Gasteiger partial charge in [0.05, 0.1) is 11.6 Å². The van der Waals surface area contributed by atoms with Crippen LogP contribution in [0, 0.1) is 17.8 Å². The lowest BCUT2D eigenvalue weighted by atomic mass is 9.94. The monoisotopic (exact) mass is 349 g/mol. The number of rotatable bonds is 4. The quantitative estimate of drug-likeness (QED) is 0.671. The highest BCUT2D eigenvalue weighted by Gasteiger charge is 2.40. The summed E-state index contributed by atoms with van der Waals surface area (Å²) in [4.78, 5) is 23.8. The van der Waals surface area contributed by atoms with Crippen LogP contribution in [0.5, 0.6) is 0 Å². The van der Waals surface area contributed by atoms with Crippen LogP contribution in [0.3, 0.4) is 0 Å². The number of allylic oxidation sites excluding steroid dienone is 2. The number of nitrogens with one attached hydrogen (secondary N) is 1. The molecule has 1 amide bonds. The number of amides is 1. The zero-order valence-corrected chi connectivity index (χ0v) is 13.0. The molecule has 2 bridgehead atoms. The Morgan fingerprint density at radius 1 is 1.24 bits per heavy atom. The van der Waals surface area contributed by atoms with E-state index in [1.54, 1.807) is 6.07 Å². The molecule has 0 unspecified atom stereocenters. The molecular weight excluding hydrogens is 334 g/mol. The van der Waals surface area contributed by atoms with Crippen molar-refractivity contribution < 1.29 is 14.3 Å². The molecule has 0 spiro atoms. The van der Waals surface area contributed by atoms with Crippen molar-refractivity contribution in [3.8, 4) is 0 Å². The smallest absolute Gasteiger partial charge is 0.310 e. The molecule has 0 radical (unpaired) electrons. The van der Waals surface area contributed by atoms with Gasteiger partial charge in [0, 0.05) is 4.47 Å². The zero-order valence-electron chi connectivity index (χ0n) is 11.4. The van der Waals surface area contributed by atoms with Gasteiger partial charge in [-0.2, -0.15) is 0 Å². The van der Waals surface area contributed by atoms with Gasteiger partial charge in [-0.1, -0.05) is 24.3 Å². The SMILES string of the molecule is O=C(COC(=O)[C@H]1C[C@@H]2C=C[C@H]1C2)Nc1ccccc1Br. The molecule has 0 aromatic heterocycles. The summed E-state index contributed by atoms with van der Waals surface area (Å²) >= 11 is 3.35. The van der Waals surface area contributed by atoms with Gasteiger partial charge in [-0.15, -0.1) is 0 Å². The Labute approximate surface area is 131 Å². The van der Waals surface area contributed by atoms with E-state index in [0.29, 0.717) is 17.5 Å². The van der Waals surface area contributed by atoms with Crippen LogP contribution in [-0.4, -0.2) is 18.5 Å². The van der Waals surface area contributed by atoms with E-state index in [2.05, 4.69) is 33.4 Å². The Kier molecular flexibility index (Phi) is 4.10. The predicted octanol–water partition coefficient (Wildman–Crippen LogP) is 3.14.